The summed E-state index contributed by atoms with van der Waals surface area (Å²) in [5, 5.41) is 0. The van der Waals surface area contributed by atoms with Gasteiger partial charge in [-0.2, -0.15) is 0 Å². The van der Waals surface area contributed by atoms with E-state index in [1.54, 1.807) is 7.11 Å². The molecular formula is C15H23NO. The minimum absolute atomic E-state index is 0.476. The summed E-state index contributed by atoms with van der Waals surface area (Å²) < 4.78 is 5.49. The predicted molar refractivity (Wildman–Crippen MR) is 71.6 cm³/mol. The molecule has 0 amide bonds. The molecule has 0 heterocycles. The Morgan fingerprint density at radius 2 is 2.06 bits per heavy atom. The second kappa shape index (κ2) is 5.09. The summed E-state index contributed by atoms with van der Waals surface area (Å²) >= 11 is 0. The van der Waals surface area contributed by atoms with Crippen LogP contribution in [0.5, 0.6) is 5.75 Å². The summed E-state index contributed by atoms with van der Waals surface area (Å²) in [6, 6.07) is 6.54. The molecule has 0 radical (unpaired) electrons. The second-order valence-corrected chi connectivity index (χ2v) is 5.34. The van der Waals surface area contributed by atoms with E-state index in [0.29, 0.717) is 11.8 Å². The van der Waals surface area contributed by atoms with Gasteiger partial charge in [0.15, 0.2) is 0 Å². The Labute approximate surface area is 104 Å². The molecule has 0 bridgehead atoms. The Hall–Kier alpha value is -1.02. The van der Waals surface area contributed by atoms with Crippen molar-refractivity contribution in [2.75, 3.05) is 13.7 Å². The molecule has 1 aliphatic carbocycles. The van der Waals surface area contributed by atoms with E-state index in [9.17, 15) is 0 Å². The van der Waals surface area contributed by atoms with Gasteiger partial charge in [-0.25, -0.2) is 0 Å². The lowest BCUT2D eigenvalue weighted by atomic mass is 9.90. The summed E-state index contributed by atoms with van der Waals surface area (Å²) in [6.07, 6.45) is 2.63. The Kier molecular flexibility index (Phi) is 3.72. The van der Waals surface area contributed by atoms with Crippen LogP contribution < -0.4 is 10.5 Å². The van der Waals surface area contributed by atoms with Crippen molar-refractivity contribution in [3.63, 3.8) is 0 Å². The number of methoxy groups -OCH3 is 1. The average Bonchev–Trinajstić information content (AvgIpc) is 3.14. The zero-order valence-electron chi connectivity index (χ0n) is 11.1. The zero-order chi connectivity index (χ0) is 12.4. The van der Waals surface area contributed by atoms with Crippen LogP contribution in [0.15, 0.2) is 18.2 Å². The van der Waals surface area contributed by atoms with Gasteiger partial charge in [-0.3, -0.25) is 0 Å². The normalized spacial score (nSPS) is 17.2. The lowest BCUT2D eigenvalue weighted by Gasteiger charge is -2.20. The van der Waals surface area contributed by atoms with Crippen LogP contribution in [0.25, 0.3) is 0 Å². The fraction of sp³-hybridized carbons (Fsp3) is 0.600. The first-order valence-electron chi connectivity index (χ1n) is 6.55. The van der Waals surface area contributed by atoms with Crippen molar-refractivity contribution in [2.45, 2.75) is 38.5 Å². The van der Waals surface area contributed by atoms with E-state index in [4.69, 9.17) is 10.5 Å². The smallest absolute Gasteiger partial charge is 0.122 e. The summed E-state index contributed by atoms with van der Waals surface area (Å²) in [5.41, 5.74) is 8.62. The van der Waals surface area contributed by atoms with Gasteiger partial charge in [0.05, 0.1) is 7.11 Å². The van der Waals surface area contributed by atoms with Gasteiger partial charge in [-0.1, -0.05) is 26.0 Å². The molecule has 2 nitrogen and oxygen atoms in total. The highest BCUT2D eigenvalue weighted by molar-refractivity contribution is 5.41. The van der Waals surface area contributed by atoms with Gasteiger partial charge in [0.2, 0.25) is 0 Å². The predicted octanol–water partition coefficient (Wildman–Crippen LogP) is 3.27. The van der Waals surface area contributed by atoms with Gasteiger partial charge in [-0.05, 0) is 48.4 Å². The molecule has 1 unspecified atom stereocenters. The van der Waals surface area contributed by atoms with E-state index in [1.807, 2.05) is 0 Å². The molecule has 0 aromatic heterocycles. The molecule has 1 atom stereocenters. The topological polar surface area (TPSA) is 35.2 Å². The number of rotatable bonds is 5. The lowest BCUT2D eigenvalue weighted by molar-refractivity contribution is 0.402. The largest absolute Gasteiger partial charge is 0.496 e. The van der Waals surface area contributed by atoms with Crippen molar-refractivity contribution in [3.8, 4) is 5.75 Å². The van der Waals surface area contributed by atoms with Gasteiger partial charge in [0.1, 0.15) is 5.75 Å². The summed E-state index contributed by atoms with van der Waals surface area (Å²) in [5.74, 6) is 2.80. The van der Waals surface area contributed by atoms with Crippen molar-refractivity contribution in [3.05, 3.63) is 29.3 Å². The number of hydrogen-bond acceptors (Lipinski definition) is 2. The lowest BCUT2D eigenvalue weighted by Crippen LogP contribution is -2.15. The van der Waals surface area contributed by atoms with Gasteiger partial charge < -0.3 is 10.5 Å². The van der Waals surface area contributed by atoms with E-state index in [-0.39, 0.29) is 0 Å². The maximum Gasteiger partial charge on any atom is 0.122 e. The zero-order valence-corrected chi connectivity index (χ0v) is 11.1. The van der Waals surface area contributed by atoms with Gasteiger partial charge in [0.25, 0.3) is 0 Å². The number of nitrogens with two attached hydrogens (primary N) is 1. The second-order valence-electron chi connectivity index (χ2n) is 5.34. The van der Waals surface area contributed by atoms with Crippen LogP contribution in [0.4, 0.5) is 0 Å². The fourth-order valence-electron chi connectivity index (χ4n) is 2.47. The molecule has 1 aliphatic rings. The molecule has 2 N–H and O–H groups in total. The van der Waals surface area contributed by atoms with Gasteiger partial charge >= 0.3 is 0 Å². The van der Waals surface area contributed by atoms with E-state index < -0.39 is 0 Å². The molecule has 0 saturated heterocycles. The molecule has 0 spiro atoms. The third-order valence-corrected chi connectivity index (χ3v) is 3.76. The molecule has 1 fully saturated rings. The minimum atomic E-state index is 0.476. The summed E-state index contributed by atoms with van der Waals surface area (Å²) in [4.78, 5) is 0. The third kappa shape index (κ3) is 2.63. The minimum Gasteiger partial charge on any atom is -0.496 e. The first-order valence-corrected chi connectivity index (χ1v) is 6.55. The van der Waals surface area contributed by atoms with Crippen LogP contribution in [0.1, 0.15) is 49.7 Å². The Morgan fingerprint density at radius 1 is 1.35 bits per heavy atom. The van der Waals surface area contributed by atoms with Crippen LogP contribution >= 0.6 is 0 Å². The fourth-order valence-corrected chi connectivity index (χ4v) is 2.47. The van der Waals surface area contributed by atoms with Crippen LogP contribution in [0.3, 0.4) is 0 Å². The third-order valence-electron chi connectivity index (χ3n) is 3.76. The monoisotopic (exact) mass is 233 g/mol. The number of benzene rings is 1. The van der Waals surface area contributed by atoms with Gasteiger partial charge in [-0.15, -0.1) is 0 Å². The van der Waals surface area contributed by atoms with Crippen molar-refractivity contribution >= 4 is 0 Å². The molecule has 17 heavy (non-hydrogen) atoms. The highest BCUT2D eigenvalue weighted by Gasteiger charge is 2.33. The molecule has 2 rings (SSSR count). The highest BCUT2D eigenvalue weighted by Crippen LogP contribution is 2.45. The quantitative estimate of drug-likeness (QED) is 0.847. The molecule has 1 aromatic carbocycles. The average molecular weight is 233 g/mol. The Morgan fingerprint density at radius 3 is 2.53 bits per heavy atom. The maximum atomic E-state index is 5.94. The molecule has 0 aliphatic heterocycles. The van der Waals surface area contributed by atoms with Crippen molar-refractivity contribution in [1.29, 1.82) is 0 Å². The maximum absolute atomic E-state index is 5.94. The Bertz CT molecular complexity index is 383. The van der Waals surface area contributed by atoms with E-state index in [1.165, 1.54) is 24.0 Å². The molecular weight excluding hydrogens is 210 g/mol. The van der Waals surface area contributed by atoms with Crippen LogP contribution in [0, 0.1) is 5.92 Å². The first kappa shape index (κ1) is 12.4. The number of ether oxygens (including phenoxy) is 1. The standard InChI is InChI=1S/C15H23NO/c1-10(2)12-6-7-15(17-3)13(8-12)14(9-16)11-4-5-11/h6-8,10-11,14H,4-5,9,16H2,1-3H3. The highest BCUT2D eigenvalue weighted by atomic mass is 16.5. The van der Waals surface area contributed by atoms with E-state index in [2.05, 4.69) is 32.0 Å². The molecule has 1 saturated carbocycles. The molecule has 1 aromatic rings. The number of hydrogen-bond donors (Lipinski definition) is 1. The molecule has 94 valence electrons. The van der Waals surface area contributed by atoms with Crippen LogP contribution in [0.2, 0.25) is 0 Å². The van der Waals surface area contributed by atoms with Gasteiger partial charge in [0, 0.05) is 5.92 Å². The van der Waals surface area contributed by atoms with Crippen molar-refractivity contribution < 1.29 is 4.74 Å². The summed E-state index contributed by atoms with van der Waals surface area (Å²) in [6.45, 7) is 5.17. The first-order chi connectivity index (χ1) is 8.17. The Balaban J connectivity index is 2.36. The van der Waals surface area contributed by atoms with E-state index >= 15 is 0 Å². The molecule has 2 heteroatoms. The SMILES string of the molecule is COc1ccc(C(C)C)cc1C(CN)C1CC1. The summed E-state index contributed by atoms with van der Waals surface area (Å²) in [7, 11) is 1.74. The van der Waals surface area contributed by atoms with Crippen molar-refractivity contribution in [2.24, 2.45) is 11.7 Å². The van der Waals surface area contributed by atoms with E-state index in [0.717, 1.165) is 18.2 Å². The van der Waals surface area contributed by atoms with Crippen molar-refractivity contribution in [1.82, 2.24) is 0 Å². The van der Waals surface area contributed by atoms with Crippen LogP contribution in [-0.2, 0) is 0 Å². The van der Waals surface area contributed by atoms with Crippen LogP contribution in [-0.4, -0.2) is 13.7 Å².